The van der Waals surface area contributed by atoms with E-state index in [2.05, 4.69) is 9.71 Å². The van der Waals surface area contributed by atoms with Gasteiger partial charge in [-0.05, 0) is 56.0 Å². The molecule has 2 aromatic heterocycles. The lowest BCUT2D eigenvalue weighted by molar-refractivity contribution is 0.0979. The van der Waals surface area contributed by atoms with Gasteiger partial charge in [0.2, 0.25) is 0 Å². The zero-order valence-electron chi connectivity index (χ0n) is 15.2. The Balaban J connectivity index is 1.60. The molecule has 140 valence electrons. The molecular formula is C20H20FN3O2S. The number of aromatic nitrogens is 2. The molecule has 0 spiro atoms. The molecule has 2 heterocycles. The molecule has 0 unspecified atom stereocenters. The third-order valence-electron chi connectivity index (χ3n) is 4.58. The van der Waals surface area contributed by atoms with Gasteiger partial charge in [0.05, 0.1) is 24.9 Å². The Morgan fingerprint density at radius 1 is 1.37 bits per heavy atom. The van der Waals surface area contributed by atoms with Gasteiger partial charge in [-0.15, -0.1) is 0 Å². The lowest BCUT2D eigenvalue weighted by Gasteiger charge is -2.10. The Morgan fingerprint density at radius 3 is 2.93 bits per heavy atom. The summed E-state index contributed by atoms with van der Waals surface area (Å²) in [5.74, 6) is -0.356. The topological polar surface area (TPSA) is 56.1 Å². The minimum Gasteiger partial charge on any atom is -0.494 e. The summed E-state index contributed by atoms with van der Waals surface area (Å²) in [6.45, 7) is 2.42. The molecule has 5 nitrogen and oxygen atoms in total. The summed E-state index contributed by atoms with van der Waals surface area (Å²) in [6, 6.07) is 10.6. The molecule has 1 aliphatic carbocycles. The molecule has 0 atom stereocenters. The number of aryl methyl sites for hydroxylation is 1. The van der Waals surface area contributed by atoms with Gasteiger partial charge in [0.25, 0.3) is 5.91 Å². The van der Waals surface area contributed by atoms with Gasteiger partial charge in [-0.1, -0.05) is 6.07 Å². The number of rotatable bonds is 6. The van der Waals surface area contributed by atoms with E-state index in [1.54, 1.807) is 12.1 Å². The number of hydrogen-bond acceptors (Lipinski definition) is 4. The lowest BCUT2D eigenvalue weighted by Crippen LogP contribution is -2.19. The molecule has 1 aliphatic rings. The number of ether oxygens (including phenoxy) is 1. The second-order valence-electron chi connectivity index (χ2n) is 6.68. The first-order valence-electron chi connectivity index (χ1n) is 8.80. The van der Waals surface area contributed by atoms with Crippen LogP contribution in [0.3, 0.4) is 0 Å². The van der Waals surface area contributed by atoms with E-state index < -0.39 is 5.82 Å². The number of nitrogens with zero attached hydrogens (tertiary/aromatic N) is 2. The number of carbonyl (C=O) groups is 1. The third kappa shape index (κ3) is 3.78. The fourth-order valence-electron chi connectivity index (χ4n) is 3.00. The summed E-state index contributed by atoms with van der Waals surface area (Å²) in [4.78, 5) is 16.7. The fraction of sp³-hybridized carbons (Fsp3) is 0.300. The zero-order valence-corrected chi connectivity index (χ0v) is 16.0. The van der Waals surface area contributed by atoms with E-state index in [9.17, 15) is 9.18 Å². The summed E-state index contributed by atoms with van der Waals surface area (Å²) in [5.41, 5.74) is 2.89. The van der Waals surface area contributed by atoms with E-state index in [1.165, 1.54) is 25.1 Å². The van der Waals surface area contributed by atoms with Crippen LogP contribution >= 0.6 is 11.9 Å². The zero-order chi connectivity index (χ0) is 19.0. The first kappa shape index (κ1) is 17.9. The number of methoxy groups -OCH3 is 1. The van der Waals surface area contributed by atoms with Crippen LogP contribution in [0.5, 0.6) is 5.75 Å². The largest absolute Gasteiger partial charge is 0.494 e. The Hall–Kier alpha value is -2.54. The molecule has 1 aromatic carbocycles. The Kier molecular flexibility index (Phi) is 4.78. The molecular weight excluding hydrogens is 365 g/mol. The molecule has 3 aromatic rings. The number of nitrogens with one attached hydrogen (secondary N) is 1. The van der Waals surface area contributed by atoms with Gasteiger partial charge in [-0.25, -0.2) is 9.37 Å². The highest BCUT2D eigenvalue weighted by Gasteiger charge is 2.23. The van der Waals surface area contributed by atoms with Gasteiger partial charge < -0.3 is 9.30 Å². The summed E-state index contributed by atoms with van der Waals surface area (Å²) in [7, 11) is 1.45. The van der Waals surface area contributed by atoms with Crippen LogP contribution in [0.25, 0.3) is 10.9 Å². The van der Waals surface area contributed by atoms with E-state index in [4.69, 9.17) is 4.74 Å². The number of halogens is 1. The molecule has 0 aliphatic heterocycles. The van der Waals surface area contributed by atoms with Crippen molar-refractivity contribution in [1.82, 2.24) is 14.3 Å². The molecule has 1 amide bonds. The van der Waals surface area contributed by atoms with Crippen molar-refractivity contribution in [1.29, 1.82) is 0 Å². The van der Waals surface area contributed by atoms with E-state index in [0.29, 0.717) is 17.5 Å². The summed E-state index contributed by atoms with van der Waals surface area (Å²) < 4.78 is 24.1. The molecule has 0 bridgehead atoms. The van der Waals surface area contributed by atoms with E-state index in [-0.39, 0.29) is 11.7 Å². The predicted octanol–water partition coefficient (Wildman–Crippen LogP) is 4.08. The quantitative estimate of drug-likeness (QED) is 0.650. The van der Waals surface area contributed by atoms with Gasteiger partial charge in [-0.3, -0.25) is 9.52 Å². The first-order chi connectivity index (χ1) is 13.0. The predicted molar refractivity (Wildman–Crippen MR) is 105 cm³/mol. The highest BCUT2D eigenvalue weighted by molar-refractivity contribution is 7.98. The molecule has 1 fully saturated rings. The molecule has 7 heteroatoms. The average Bonchev–Trinajstić information content (AvgIpc) is 3.45. The van der Waals surface area contributed by atoms with Crippen LogP contribution in [0.2, 0.25) is 0 Å². The second kappa shape index (κ2) is 7.23. The number of carbonyl (C=O) groups excluding carboxylic acids is 1. The second-order valence-corrected chi connectivity index (χ2v) is 7.79. The van der Waals surface area contributed by atoms with Crippen molar-refractivity contribution in [2.24, 2.45) is 0 Å². The summed E-state index contributed by atoms with van der Waals surface area (Å²) in [5, 5.41) is 1.44. The van der Waals surface area contributed by atoms with Crippen LogP contribution in [-0.2, 0) is 6.54 Å². The maximum atomic E-state index is 14.2. The lowest BCUT2D eigenvalue weighted by atomic mass is 10.2. The van der Waals surface area contributed by atoms with Crippen LogP contribution < -0.4 is 9.46 Å². The van der Waals surface area contributed by atoms with Gasteiger partial charge >= 0.3 is 0 Å². The van der Waals surface area contributed by atoms with Crippen LogP contribution in [0.1, 0.15) is 34.7 Å². The SMILES string of the molecule is COc1cc2cc(C)n(Cc3cccc(C(=O)NSC4CC4)n3)c2cc1F. The van der Waals surface area contributed by atoms with Crippen molar-refractivity contribution >= 4 is 28.8 Å². The smallest absolute Gasteiger partial charge is 0.279 e. The number of pyridine rings is 1. The van der Waals surface area contributed by atoms with Crippen LogP contribution in [-0.4, -0.2) is 27.8 Å². The van der Waals surface area contributed by atoms with E-state index in [0.717, 1.165) is 35.1 Å². The third-order valence-corrected chi connectivity index (χ3v) is 5.69. The van der Waals surface area contributed by atoms with Crippen molar-refractivity contribution in [3.8, 4) is 5.75 Å². The first-order valence-corrected chi connectivity index (χ1v) is 9.68. The highest BCUT2D eigenvalue weighted by atomic mass is 32.2. The van der Waals surface area contributed by atoms with Crippen LogP contribution in [0.15, 0.2) is 36.4 Å². The minimum atomic E-state index is -0.400. The summed E-state index contributed by atoms with van der Waals surface area (Å²) in [6.07, 6.45) is 2.31. The molecule has 1 N–H and O–H groups in total. The number of benzene rings is 1. The molecule has 0 saturated heterocycles. The number of hydrogen-bond donors (Lipinski definition) is 1. The van der Waals surface area contributed by atoms with E-state index in [1.807, 2.05) is 29.7 Å². The van der Waals surface area contributed by atoms with Gasteiger partial charge in [-0.2, -0.15) is 0 Å². The van der Waals surface area contributed by atoms with Crippen molar-refractivity contribution in [2.75, 3.05) is 7.11 Å². The molecule has 0 radical (unpaired) electrons. The van der Waals surface area contributed by atoms with Crippen LogP contribution in [0, 0.1) is 12.7 Å². The maximum absolute atomic E-state index is 14.2. The summed E-state index contributed by atoms with van der Waals surface area (Å²) >= 11 is 1.47. The van der Waals surface area contributed by atoms with Crippen molar-refractivity contribution in [3.63, 3.8) is 0 Å². The van der Waals surface area contributed by atoms with Crippen molar-refractivity contribution in [3.05, 3.63) is 59.3 Å². The Morgan fingerprint density at radius 2 is 2.19 bits per heavy atom. The van der Waals surface area contributed by atoms with Gasteiger partial charge in [0.1, 0.15) is 5.69 Å². The number of fused-ring (bicyclic) bond motifs is 1. The molecule has 27 heavy (non-hydrogen) atoms. The highest BCUT2D eigenvalue weighted by Crippen LogP contribution is 2.32. The Bertz CT molecular complexity index is 1010. The normalized spacial score (nSPS) is 13.7. The van der Waals surface area contributed by atoms with E-state index >= 15 is 0 Å². The Labute approximate surface area is 161 Å². The minimum absolute atomic E-state index is 0.182. The molecule has 4 rings (SSSR count). The number of amides is 1. The van der Waals surface area contributed by atoms with Crippen LogP contribution in [0.4, 0.5) is 4.39 Å². The van der Waals surface area contributed by atoms with Gasteiger partial charge in [0, 0.05) is 22.4 Å². The van der Waals surface area contributed by atoms with Crippen molar-refractivity contribution < 1.29 is 13.9 Å². The average molecular weight is 385 g/mol. The molecule has 1 saturated carbocycles. The maximum Gasteiger partial charge on any atom is 0.279 e. The monoisotopic (exact) mass is 385 g/mol. The van der Waals surface area contributed by atoms with Gasteiger partial charge in [0.15, 0.2) is 11.6 Å². The standard InChI is InChI=1S/C20H20FN3O2S/c1-12-8-13-9-19(26-2)16(21)10-18(13)24(12)11-14-4-3-5-17(22-14)20(25)23-27-15-6-7-15/h3-5,8-10,15H,6-7,11H2,1-2H3,(H,23,25). The fourth-order valence-corrected chi connectivity index (χ4v) is 3.75. The van der Waals surface area contributed by atoms with Crippen molar-refractivity contribution in [2.45, 2.75) is 31.6 Å².